The van der Waals surface area contributed by atoms with Crippen LogP contribution in [0.2, 0.25) is 19.6 Å². The summed E-state index contributed by atoms with van der Waals surface area (Å²) in [7, 11) is -1.67. The van der Waals surface area contributed by atoms with E-state index >= 15 is 0 Å². The van der Waals surface area contributed by atoms with Crippen LogP contribution in [0.4, 0.5) is 0 Å². The average molecular weight is 1340 g/mol. The van der Waals surface area contributed by atoms with Crippen molar-refractivity contribution in [1.82, 2.24) is 0 Å². The second-order valence-electron chi connectivity index (χ2n) is 26.1. The van der Waals surface area contributed by atoms with Gasteiger partial charge in [-0.3, -0.25) is 0 Å². The van der Waals surface area contributed by atoms with E-state index in [1.54, 1.807) is 0 Å². The monoisotopic (exact) mass is 1340 g/mol. The number of ether oxygens (including phenoxy) is 4. The van der Waals surface area contributed by atoms with Crippen LogP contribution in [-0.2, 0) is 0 Å². The van der Waals surface area contributed by atoms with Crippen molar-refractivity contribution >= 4 is 30.7 Å². The van der Waals surface area contributed by atoms with Crippen LogP contribution in [0.1, 0.15) is 323 Å². The number of rotatable bonds is 48. The van der Waals surface area contributed by atoms with E-state index in [4.69, 9.17) is 18.9 Å². The zero-order valence-corrected chi connectivity index (χ0v) is 60.7. The molecule has 0 saturated heterocycles. The molecule has 0 aromatic heterocycles. The van der Waals surface area contributed by atoms with Crippen LogP contribution in [0, 0.1) is 50.6 Å². The summed E-state index contributed by atoms with van der Waals surface area (Å²) in [6, 6.07) is 25.0. The van der Waals surface area contributed by atoms with Crippen molar-refractivity contribution in [1.29, 1.82) is 0 Å². The summed E-state index contributed by atoms with van der Waals surface area (Å²) in [5.41, 5.74) is 9.78. The SMILES string of the molecule is CCCCCCCCCCCCOc1cc(C#Cc2ccc(C#Cc3cc(OCCCCCCCCCCCC)c(C#C[Si](C)(C)C)cc3OCCCCCCCCCCCC)cc2)c(OCCCCCCCCCCCC)cc1C#Cc1ccc(I)cc1. The first-order valence-corrected chi connectivity index (χ1v) is 41.0. The van der Waals surface area contributed by atoms with Gasteiger partial charge in [-0.1, -0.05) is 320 Å². The molecule has 6 heteroatoms. The third-order valence-electron chi connectivity index (χ3n) is 16.5. The summed E-state index contributed by atoms with van der Waals surface area (Å²) in [5, 5.41) is 0. The van der Waals surface area contributed by atoms with E-state index in [1.165, 1.54) is 222 Å². The molecule has 0 atom stereocenters. The average Bonchev–Trinajstić information content (AvgIpc) is 2.17. The van der Waals surface area contributed by atoms with Gasteiger partial charge in [-0.15, -0.1) is 5.54 Å². The minimum Gasteiger partial charge on any atom is -0.492 e. The largest absolute Gasteiger partial charge is 0.492 e. The lowest BCUT2D eigenvalue weighted by Gasteiger charge is -2.14. The fourth-order valence-electron chi connectivity index (χ4n) is 10.9. The second-order valence-corrected chi connectivity index (χ2v) is 32.1. The molecule has 4 nitrogen and oxygen atoms in total. The fraction of sp³-hybridized carbons (Fsp3) is 0.614. The molecule has 0 aliphatic carbocycles. The number of halogens is 1. The lowest BCUT2D eigenvalue weighted by atomic mass is 10.1. The maximum Gasteiger partial charge on any atom is 0.136 e. The predicted octanol–water partition coefficient (Wildman–Crippen LogP) is 24.9. The van der Waals surface area contributed by atoms with Crippen LogP contribution in [0.3, 0.4) is 0 Å². The van der Waals surface area contributed by atoms with Crippen molar-refractivity contribution in [3.8, 4) is 70.0 Å². The van der Waals surface area contributed by atoms with E-state index in [-0.39, 0.29) is 0 Å². The van der Waals surface area contributed by atoms with Crippen molar-refractivity contribution in [3.63, 3.8) is 0 Å². The van der Waals surface area contributed by atoms with Crippen LogP contribution in [0.25, 0.3) is 0 Å². The number of hydrogen-bond donors (Lipinski definition) is 0. The molecule has 4 aromatic carbocycles. The van der Waals surface area contributed by atoms with E-state index in [0.717, 1.165) is 100 Å². The first-order valence-electron chi connectivity index (χ1n) is 36.4. The number of benzene rings is 4. The Bertz CT molecular complexity index is 2730. The minimum atomic E-state index is -1.67. The fourth-order valence-corrected chi connectivity index (χ4v) is 11.8. The molecule has 488 valence electrons. The number of unbranched alkanes of at least 4 members (excludes halogenated alkanes) is 36. The Morgan fingerprint density at radius 3 is 0.697 bits per heavy atom. The molecule has 0 bridgehead atoms. The standard InChI is InChI=1S/C83H121IO4Si/c1-8-12-16-20-24-28-32-36-40-44-63-85-80-69-76(59-54-74-55-60-79(84)61-56-74)81(86-64-45-41-37-33-29-25-21-17-13-9-2)68-75(80)57-52-72-48-50-73(51-49-72)53-58-77-70-83(88-66-47-43-39-35-31-27-23-19-15-11-4)78(62-67-89(5,6)7)71-82(77)87-65-46-42-38-34-30-26-22-18-14-10-3/h48-51,55-56,60-61,68-71H,8-47,63-66H2,1-7H3. The molecular weight excluding hydrogens is 1220 g/mol. The Balaban J connectivity index is 1.60. The Hall–Kier alpha value is -4.73. The van der Waals surface area contributed by atoms with Gasteiger partial charge in [0.25, 0.3) is 0 Å². The van der Waals surface area contributed by atoms with Crippen LogP contribution in [-0.4, -0.2) is 34.5 Å². The molecular formula is C83H121IO4Si. The van der Waals surface area contributed by atoms with E-state index in [1.807, 2.05) is 0 Å². The third-order valence-corrected chi connectivity index (χ3v) is 18.1. The van der Waals surface area contributed by atoms with Gasteiger partial charge in [0.15, 0.2) is 0 Å². The Kier molecular flexibility index (Phi) is 43.8. The molecule has 0 unspecified atom stereocenters. The van der Waals surface area contributed by atoms with Crippen molar-refractivity contribution in [2.45, 2.75) is 304 Å². The minimum absolute atomic E-state index is 0.634. The molecule has 4 rings (SSSR count). The Morgan fingerprint density at radius 2 is 0.472 bits per heavy atom. The molecule has 0 fully saturated rings. The van der Waals surface area contributed by atoms with Crippen molar-refractivity contribution in [2.24, 2.45) is 0 Å². The molecule has 0 saturated carbocycles. The van der Waals surface area contributed by atoms with Gasteiger partial charge in [-0.05, 0) is 96.8 Å². The highest BCUT2D eigenvalue weighted by molar-refractivity contribution is 14.1. The van der Waals surface area contributed by atoms with Crippen molar-refractivity contribution in [3.05, 3.63) is 115 Å². The predicted molar refractivity (Wildman–Crippen MR) is 396 cm³/mol. The quantitative estimate of drug-likeness (QED) is 0.0191. The summed E-state index contributed by atoms with van der Waals surface area (Å²) < 4.78 is 27.8. The van der Waals surface area contributed by atoms with E-state index in [2.05, 4.69) is 190 Å². The van der Waals surface area contributed by atoms with Gasteiger partial charge in [0.05, 0.1) is 48.7 Å². The topological polar surface area (TPSA) is 36.9 Å². The summed E-state index contributed by atoms with van der Waals surface area (Å²) in [5.74, 6) is 27.6. The normalized spacial score (nSPS) is 11.0. The molecule has 0 spiro atoms. The summed E-state index contributed by atoms with van der Waals surface area (Å²) in [6.07, 6.45) is 51.3. The van der Waals surface area contributed by atoms with Gasteiger partial charge in [-0.25, -0.2) is 0 Å². The molecule has 0 heterocycles. The van der Waals surface area contributed by atoms with Crippen LogP contribution in [0.5, 0.6) is 23.0 Å². The Labute approximate surface area is 561 Å². The summed E-state index contributed by atoms with van der Waals surface area (Å²) in [6.45, 7) is 18.6. The molecule has 89 heavy (non-hydrogen) atoms. The number of hydrogen-bond acceptors (Lipinski definition) is 4. The molecule has 0 N–H and O–H groups in total. The van der Waals surface area contributed by atoms with E-state index in [9.17, 15) is 0 Å². The summed E-state index contributed by atoms with van der Waals surface area (Å²) in [4.78, 5) is 0. The van der Waals surface area contributed by atoms with Gasteiger partial charge in [0.1, 0.15) is 31.1 Å². The molecule has 0 aliphatic heterocycles. The van der Waals surface area contributed by atoms with E-state index in [0.29, 0.717) is 26.4 Å². The molecule has 0 radical (unpaired) electrons. The van der Waals surface area contributed by atoms with Crippen molar-refractivity contribution < 1.29 is 18.9 Å². The van der Waals surface area contributed by atoms with Gasteiger partial charge in [0.2, 0.25) is 0 Å². The van der Waals surface area contributed by atoms with Crippen LogP contribution in [0.15, 0.2) is 72.8 Å². The first kappa shape index (κ1) is 76.7. The van der Waals surface area contributed by atoms with Crippen LogP contribution < -0.4 is 18.9 Å². The lowest BCUT2D eigenvalue weighted by Crippen LogP contribution is -2.16. The van der Waals surface area contributed by atoms with Gasteiger partial charge >= 0.3 is 0 Å². The smallest absolute Gasteiger partial charge is 0.136 e. The maximum absolute atomic E-state index is 6.67. The highest BCUT2D eigenvalue weighted by Crippen LogP contribution is 2.32. The lowest BCUT2D eigenvalue weighted by molar-refractivity contribution is 0.295. The van der Waals surface area contributed by atoms with E-state index < -0.39 is 8.07 Å². The first-order chi connectivity index (χ1) is 43.6. The summed E-state index contributed by atoms with van der Waals surface area (Å²) >= 11 is 2.35. The van der Waals surface area contributed by atoms with Crippen molar-refractivity contribution in [2.75, 3.05) is 26.4 Å². The molecule has 4 aromatic rings. The highest BCUT2D eigenvalue weighted by atomic mass is 127. The Morgan fingerprint density at radius 1 is 0.270 bits per heavy atom. The van der Waals surface area contributed by atoms with Crippen LogP contribution >= 0.6 is 22.6 Å². The molecule has 0 aliphatic rings. The second kappa shape index (κ2) is 50.9. The van der Waals surface area contributed by atoms with Gasteiger partial charge < -0.3 is 18.9 Å². The van der Waals surface area contributed by atoms with Gasteiger partial charge in [0, 0.05) is 44.5 Å². The zero-order chi connectivity index (χ0) is 63.5. The van der Waals surface area contributed by atoms with Gasteiger partial charge in [-0.2, -0.15) is 0 Å². The molecule has 0 amide bonds. The third kappa shape index (κ3) is 38.0. The highest BCUT2D eigenvalue weighted by Gasteiger charge is 2.15. The maximum atomic E-state index is 6.67. The zero-order valence-electron chi connectivity index (χ0n) is 57.6.